The maximum atomic E-state index is 13.3. The van der Waals surface area contributed by atoms with Crippen LogP contribution in [0.1, 0.15) is 55.8 Å². The van der Waals surface area contributed by atoms with Gasteiger partial charge in [0.1, 0.15) is 11.9 Å². The third-order valence-corrected chi connectivity index (χ3v) is 4.20. The Labute approximate surface area is 138 Å². The van der Waals surface area contributed by atoms with Crippen LogP contribution in [0.15, 0.2) is 24.4 Å². The topological polar surface area (TPSA) is 46.4 Å². The van der Waals surface area contributed by atoms with Crippen molar-refractivity contribution in [2.75, 3.05) is 0 Å². The Kier molecular flexibility index (Phi) is 3.85. The van der Waals surface area contributed by atoms with E-state index in [1.807, 2.05) is 6.07 Å². The van der Waals surface area contributed by atoms with Gasteiger partial charge in [-0.05, 0) is 30.4 Å². The highest BCUT2D eigenvalue weighted by Crippen LogP contribution is 2.40. The van der Waals surface area contributed by atoms with Crippen LogP contribution in [0.4, 0.5) is 13.2 Å². The van der Waals surface area contributed by atoms with E-state index in [-0.39, 0.29) is 11.6 Å². The van der Waals surface area contributed by atoms with Crippen molar-refractivity contribution in [2.24, 2.45) is 5.41 Å². The average molecular weight is 339 g/mol. The molecule has 2 aromatic rings. The molecule has 2 heterocycles. The molecule has 1 saturated carbocycles. The minimum Gasteiger partial charge on any atom is -0.338 e. The average Bonchev–Trinajstić information content (AvgIpc) is 3.23. The summed E-state index contributed by atoms with van der Waals surface area (Å²) in [6.45, 7) is 4.35. The van der Waals surface area contributed by atoms with Crippen LogP contribution < -0.4 is 5.32 Å². The molecule has 0 bridgehead atoms. The van der Waals surface area contributed by atoms with Crippen molar-refractivity contribution in [3.63, 3.8) is 0 Å². The predicted octanol–water partition coefficient (Wildman–Crippen LogP) is 3.92. The molecule has 3 rings (SSSR count). The van der Waals surface area contributed by atoms with Gasteiger partial charge in [-0.1, -0.05) is 26.8 Å². The fourth-order valence-corrected chi connectivity index (χ4v) is 2.85. The summed E-state index contributed by atoms with van der Waals surface area (Å²) in [5, 5.41) is 2.14. The Morgan fingerprint density at radius 2 is 1.96 bits per heavy atom. The summed E-state index contributed by atoms with van der Waals surface area (Å²) in [5.74, 6) is 0.236. The molecule has 7 heteroatoms. The largest absolute Gasteiger partial charge is 0.409 e. The van der Waals surface area contributed by atoms with Crippen LogP contribution in [0.5, 0.6) is 0 Å². The van der Waals surface area contributed by atoms with Crippen LogP contribution in [-0.2, 0) is 0 Å². The number of carbonyl (C=O) groups is 1. The minimum absolute atomic E-state index is 0.0519. The number of pyridine rings is 1. The molecule has 1 N–H and O–H groups in total. The number of rotatable bonds is 3. The van der Waals surface area contributed by atoms with Gasteiger partial charge >= 0.3 is 6.18 Å². The number of carbonyl (C=O) groups excluding carboxylic acids is 1. The van der Waals surface area contributed by atoms with Crippen LogP contribution in [0, 0.1) is 5.41 Å². The monoisotopic (exact) mass is 339 g/mol. The van der Waals surface area contributed by atoms with Gasteiger partial charge in [0.25, 0.3) is 5.91 Å². The molecule has 0 aromatic carbocycles. The number of amides is 1. The fourth-order valence-electron chi connectivity index (χ4n) is 2.85. The van der Waals surface area contributed by atoms with Gasteiger partial charge in [-0.2, -0.15) is 13.2 Å². The van der Waals surface area contributed by atoms with E-state index in [1.165, 1.54) is 20.8 Å². The maximum absolute atomic E-state index is 13.3. The Bertz CT molecular complexity index is 755. The highest BCUT2D eigenvalue weighted by atomic mass is 19.4. The number of nitrogens with one attached hydrogen (secondary N) is 1. The number of imidazole rings is 1. The summed E-state index contributed by atoms with van der Waals surface area (Å²) in [4.78, 5) is 16.9. The second-order valence-corrected chi connectivity index (χ2v) is 7.36. The normalized spacial score (nSPS) is 17.1. The third kappa shape index (κ3) is 3.12. The Hall–Kier alpha value is -2.05. The zero-order chi connectivity index (χ0) is 17.7. The number of hydrogen-bond acceptors (Lipinski definition) is 2. The van der Waals surface area contributed by atoms with E-state index in [1.54, 1.807) is 22.7 Å². The Morgan fingerprint density at radius 3 is 2.50 bits per heavy atom. The highest BCUT2D eigenvalue weighted by Gasteiger charge is 2.48. The lowest BCUT2D eigenvalue weighted by atomic mass is 9.86. The SMILES string of the molecule is CC(C)(C)C(NC(=O)c1nc(C2CC2)n2ccccc12)C(F)(F)F. The first kappa shape index (κ1) is 16.8. The van der Waals surface area contributed by atoms with Crippen LogP contribution in [0.3, 0.4) is 0 Å². The molecule has 0 spiro atoms. The Balaban J connectivity index is 1.97. The van der Waals surface area contributed by atoms with Gasteiger partial charge in [0.2, 0.25) is 0 Å². The molecule has 0 radical (unpaired) electrons. The van der Waals surface area contributed by atoms with E-state index < -0.39 is 23.5 Å². The number of nitrogens with zero attached hydrogens (tertiary/aromatic N) is 2. The standard InChI is InChI=1S/C17H20F3N3O/c1-16(2,3)15(17(18,19)20)22-14(24)12-11-6-4-5-9-23(11)13(21-12)10-7-8-10/h4-6,9-10,15H,7-8H2,1-3H3,(H,22,24). The van der Waals surface area contributed by atoms with E-state index in [0.29, 0.717) is 5.52 Å². The van der Waals surface area contributed by atoms with Crippen molar-refractivity contribution in [1.82, 2.24) is 14.7 Å². The first-order valence-corrected chi connectivity index (χ1v) is 7.93. The molecule has 1 fully saturated rings. The highest BCUT2D eigenvalue weighted by molar-refractivity contribution is 5.99. The molecule has 1 atom stereocenters. The van der Waals surface area contributed by atoms with E-state index in [0.717, 1.165) is 18.7 Å². The second kappa shape index (κ2) is 5.50. The molecule has 1 amide bonds. The van der Waals surface area contributed by atoms with E-state index in [4.69, 9.17) is 0 Å². The summed E-state index contributed by atoms with van der Waals surface area (Å²) in [6, 6.07) is 3.32. The molecule has 1 unspecified atom stereocenters. The summed E-state index contributed by atoms with van der Waals surface area (Å²) in [7, 11) is 0. The smallest absolute Gasteiger partial charge is 0.338 e. The maximum Gasteiger partial charge on any atom is 0.409 e. The van der Waals surface area contributed by atoms with Gasteiger partial charge in [0.05, 0.1) is 5.52 Å². The third-order valence-electron chi connectivity index (χ3n) is 4.20. The lowest BCUT2D eigenvalue weighted by molar-refractivity contribution is -0.174. The van der Waals surface area contributed by atoms with Crippen molar-refractivity contribution in [3.8, 4) is 0 Å². The lowest BCUT2D eigenvalue weighted by Gasteiger charge is -2.32. The van der Waals surface area contributed by atoms with Gasteiger partial charge in [-0.25, -0.2) is 4.98 Å². The number of fused-ring (bicyclic) bond motifs is 1. The molecular formula is C17H20F3N3O. The molecule has 2 aromatic heterocycles. The molecule has 24 heavy (non-hydrogen) atoms. The van der Waals surface area contributed by atoms with Crippen LogP contribution in [-0.4, -0.2) is 27.5 Å². The summed E-state index contributed by atoms with van der Waals surface area (Å²) in [5.41, 5.74) is -0.564. The zero-order valence-electron chi connectivity index (χ0n) is 13.8. The van der Waals surface area contributed by atoms with E-state index >= 15 is 0 Å². The molecule has 1 aliphatic rings. The van der Waals surface area contributed by atoms with E-state index in [9.17, 15) is 18.0 Å². The van der Waals surface area contributed by atoms with Crippen molar-refractivity contribution >= 4 is 11.4 Å². The summed E-state index contributed by atoms with van der Waals surface area (Å²) in [6.07, 6.45) is -0.759. The van der Waals surface area contributed by atoms with Gasteiger partial charge in [0, 0.05) is 12.1 Å². The molecular weight excluding hydrogens is 319 g/mol. The summed E-state index contributed by atoms with van der Waals surface area (Å²) >= 11 is 0. The predicted molar refractivity (Wildman–Crippen MR) is 83.9 cm³/mol. The second-order valence-electron chi connectivity index (χ2n) is 7.36. The number of halogens is 3. The van der Waals surface area contributed by atoms with E-state index in [2.05, 4.69) is 10.3 Å². The number of alkyl halides is 3. The van der Waals surface area contributed by atoms with Crippen molar-refractivity contribution in [3.05, 3.63) is 35.9 Å². The van der Waals surface area contributed by atoms with Gasteiger partial charge in [0.15, 0.2) is 5.69 Å². The molecule has 130 valence electrons. The number of hydrogen-bond donors (Lipinski definition) is 1. The van der Waals surface area contributed by atoms with Gasteiger partial charge in [-0.15, -0.1) is 0 Å². The summed E-state index contributed by atoms with van der Waals surface area (Å²) < 4.78 is 41.7. The lowest BCUT2D eigenvalue weighted by Crippen LogP contribution is -2.53. The quantitative estimate of drug-likeness (QED) is 0.921. The van der Waals surface area contributed by atoms with Gasteiger partial charge in [-0.3, -0.25) is 4.79 Å². The molecule has 4 nitrogen and oxygen atoms in total. The van der Waals surface area contributed by atoms with Crippen LogP contribution in [0.25, 0.3) is 5.52 Å². The zero-order valence-corrected chi connectivity index (χ0v) is 13.8. The fraction of sp³-hybridized carbons (Fsp3) is 0.529. The number of aromatic nitrogens is 2. The minimum atomic E-state index is -4.53. The van der Waals surface area contributed by atoms with Crippen molar-refractivity contribution < 1.29 is 18.0 Å². The first-order valence-electron chi connectivity index (χ1n) is 7.93. The Morgan fingerprint density at radius 1 is 1.29 bits per heavy atom. The first-order chi connectivity index (χ1) is 11.1. The van der Waals surface area contributed by atoms with Crippen molar-refractivity contribution in [1.29, 1.82) is 0 Å². The van der Waals surface area contributed by atoms with Gasteiger partial charge < -0.3 is 9.72 Å². The van der Waals surface area contributed by atoms with Crippen LogP contribution in [0.2, 0.25) is 0 Å². The molecule has 1 aliphatic carbocycles. The molecule has 0 aliphatic heterocycles. The van der Waals surface area contributed by atoms with Crippen molar-refractivity contribution in [2.45, 2.75) is 51.7 Å². The van der Waals surface area contributed by atoms with Crippen LogP contribution >= 0.6 is 0 Å². The molecule has 0 saturated heterocycles.